The quantitative estimate of drug-likeness (QED) is 0.832. The first kappa shape index (κ1) is 11.2. The number of rotatable bonds is 2. The molecule has 1 fully saturated rings. The fraction of sp³-hybridized carbons (Fsp3) is 0.429. The Balaban J connectivity index is 1.81. The molecule has 4 nitrogen and oxygen atoms in total. The minimum absolute atomic E-state index is 0.0141. The van der Waals surface area contributed by atoms with Gasteiger partial charge in [-0.25, -0.2) is 0 Å². The van der Waals surface area contributed by atoms with Crippen molar-refractivity contribution >= 4 is 11.6 Å². The number of para-hydroxylation sites is 1. The van der Waals surface area contributed by atoms with Crippen molar-refractivity contribution in [3.05, 3.63) is 29.8 Å². The molecule has 3 unspecified atom stereocenters. The summed E-state index contributed by atoms with van der Waals surface area (Å²) in [4.78, 5) is 12.0. The molecular formula is C14H15N3O. The van der Waals surface area contributed by atoms with Crippen LogP contribution in [0.25, 0.3) is 0 Å². The van der Waals surface area contributed by atoms with Gasteiger partial charge in [0.1, 0.15) is 6.04 Å². The van der Waals surface area contributed by atoms with Gasteiger partial charge in [-0.15, -0.1) is 0 Å². The third-order valence-electron chi connectivity index (χ3n) is 3.85. The van der Waals surface area contributed by atoms with Crippen LogP contribution in [0.15, 0.2) is 24.3 Å². The number of anilines is 1. The predicted molar refractivity (Wildman–Crippen MR) is 67.7 cm³/mol. The predicted octanol–water partition coefficient (Wildman–Crippen LogP) is 1.96. The molecule has 18 heavy (non-hydrogen) atoms. The number of carbonyl (C=O) groups excluding carboxylic acids is 1. The van der Waals surface area contributed by atoms with Crippen LogP contribution in [0.1, 0.15) is 30.9 Å². The lowest BCUT2D eigenvalue weighted by atomic mass is 10.0. The lowest BCUT2D eigenvalue weighted by Crippen LogP contribution is -2.38. The maximum atomic E-state index is 12.0. The number of amides is 1. The molecule has 2 aliphatic rings. The summed E-state index contributed by atoms with van der Waals surface area (Å²) in [6.45, 7) is 0. The normalized spacial score (nSPS) is 29.7. The molecule has 1 aromatic rings. The van der Waals surface area contributed by atoms with Gasteiger partial charge in [0.2, 0.25) is 5.91 Å². The second-order valence-electron chi connectivity index (χ2n) is 4.95. The first-order valence-electron chi connectivity index (χ1n) is 6.35. The molecule has 3 rings (SSSR count). The minimum Gasteiger partial charge on any atom is -0.324 e. The van der Waals surface area contributed by atoms with Gasteiger partial charge in [-0.2, -0.15) is 5.26 Å². The third kappa shape index (κ3) is 1.77. The molecule has 1 aliphatic carbocycles. The van der Waals surface area contributed by atoms with E-state index in [2.05, 4.69) is 16.7 Å². The Kier molecular flexibility index (Phi) is 2.77. The zero-order chi connectivity index (χ0) is 12.5. The van der Waals surface area contributed by atoms with Crippen LogP contribution < -0.4 is 10.6 Å². The summed E-state index contributed by atoms with van der Waals surface area (Å²) < 4.78 is 0. The summed E-state index contributed by atoms with van der Waals surface area (Å²) in [7, 11) is 0. The minimum atomic E-state index is -0.305. The number of carbonyl (C=O) groups is 1. The van der Waals surface area contributed by atoms with Crippen molar-refractivity contribution in [1.29, 1.82) is 5.26 Å². The summed E-state index contributed by atoms with van der Waals surface area (Å²) in [6.07, 6.45) is 2.97. The zero-order valence-electron chi connectivity index (χ0n) is 10.0. The molecule has 0 bridgehead atoms. The van der Waals surface area contributed by atoms with E-state index in [1.807, 2.05) is 24.3 Å². The maximum Gasteiger partial charge on any atom is 0.246 e. The summed E-state index contributed by atoms with van der Waals surface area (Å²) in [5.74, 6) is 0.0188. The molecule has 1 heterocycles. The molecule has 2 N–H and O–H groups in total. The number of fused-ring (bicyclic) bond motifs is 1. The van der Waals surface area contributed by atoms with E-state index in [0.717, 1.165) is 30.5 Å². The van der Waals surface area contributed by atoms with Crippen LogP contribution in [0, 0.1) is 17.2 Å². The molecule has 3 atom stereocenters. The molecule has 4 heteroatoms. The molecule has 0 saturated heterocycles. The largest absolute Gasteiger partial charge is 0.324 e. The number of nitrogens with zero attached hydrogens (tertiary/aromatic N) is 1. The zero-order valence-corrected chi connectivity index (χ0v) is 10.0. The highest BCUT2D eigenvalue weighted by Crippen LogP contribution is 2.33. The molecule has 0 radical (unpaired) electrons. The highest BCUT2D eigenvalue weighted by atomic mass is 16.2. The van der Waals surface area contributed by atoms with Crippen molar-refractivity contribution in [2.75, 3.05) is 5.32 Å². The van der Waals surface area contributed by atoms with E-state index in [9.17, 15) is 4.79 Å². The Bertz CT molecular complexity index is 520. The lowest BCUT2D eigenvalue weighted by molar-refractivity contribution is -0.117. The van der Waals surface area contributed by atoms with Crippen molar-refractivity contribution in [2.45, 2.75) is 31.3 Å². The molecule has 1 aromatic carbocycles. The number of hydrogen-bond donors (Lipinski definition) is 2. The van der Waals surface area contributed by atoms with E-state index in [-0.39, 0.29) is 23.9 Å². The highest BCUT2D eigenvalue weighted by Gasteiger charge is 2.35. The second-order valence-corrected chi connectivity index (χ2v) is 4.95. The fourth-order valence-electron chi connectivity index (χ4n) is 2.90. The second kappa shape index (κ2) is 4.43. The summed E-state index contributed by atoms with van der Waals surface area (Å²) in [6, 6.07) is 9.88. The van der Waals surface area contributed by atoms with Crippen LogP contribution in [-0.2, 0) is 4.79 Å². The van der Waals surface area contributed by atoms with Gasteiger partial charge < -0.3 is 5.32 Å². The van der Waals surface area contributed by atoms with Crippen LogP contribution in [0.3, 0.4) is 0 Å². The Hall–Kier alpha value is -1.86. The number of hydrogen-bond acceptors (Lipinski definition) is 3. The van der Waals surface area contributed by atoms with Gasteiger partial charge in [-0.3, -0.25) is 10.1 Å². The summed E-state index contributed by atoms with van der Waals surface area (Å²) in [5, 5.41) is 15.3. The number of benzene rings is 1. The Morgan fingerprint density at radius 1 is 1.33 bits per heavy atom. The van der Waals surface area contributed by atoms with E-state index in [4.69, 9.17) is 5.26 Å². The number of nitrogens with one attached hydrogen (secondary N) is 2. The first-order valence-corrected chi connectivity index (χ1v) is 6.35. The van der Waals surface area contributed by atoms with Gasteiger partial charge in [0.15, 0.2) is 0 Å². The Labute approximate surface area is 106 Å². The molecule has 1 aliphatic heterocycles. The van der Waals surface area contributed by atoms with E-state index in [1.54, 1.807) is 0 Å². The van der Waals surface area contributed by atoms with E-state index < -0.39 is 0 Å². The van der Waals surface area contributed by atoms with Gasteiger partial charge >= 0.3 is 0 Å². The molecule has 92 valence electrons. The lowest BCUT2D eigenvalue weighted by Gasteiger charge is -2.20. The van der Waals surface area contributed by atoms with Crippen molar-refractivity contribution in [1.82, 2.24) is 5.32 Å². The van der Waals surface area contributed by atoms with Crippen LogP contribution in [0.4, 0.5) is 5.69 Å². The van der Waals surface area contributed by atoms with E-state index in [0.29, 0.717) is 0 Å². The van der Waals surface area contributed by atoms with Gasteiger partial charge in [0.05, 0.1) is 12.0 Å². The Morgan fingerprint density at radius 2 is 2.17 bits per heavy atom. The van der Waals surface area contributed by atoms with Crippen molar-refractivity contribution < 1.29 is 4.79 Å². The maximum absolute atomic E-state index is 12.0. The van der Waals surface area contributed by atoms with Gasteiger partial charge in [0, 0.05) is 17.3 Å². The van der Waals surface area contributed by atoms with Crippen LogP contribution in [0.2, 0.25) is 0 Å². The molecule has 0 spiro atoms. The van der Waals surface area contributed by atoms with E-state index >= 15 is 0 Å². The molecule has 1 amide bonds. The molecule has 1 saturated carbocycles. The summed E-state index contributed by atoms with van der Waals surface area (Å²) >= 11 is 0. The Morgan fingerprint density at radius 3 is 3.00 bits per heavy atom. The average molecular weight is 241 g/mol. The van der Waals surface area contributed by atoms with E-state index in [1.165, 1.54) is 0 Å². The summed E-state index contributed by atoms with van der Waals surface area (Å²) in [5.41, 5.74) is 1.87. The topological polar surface area (TPSA) is 64.9 Å². The third-order valence-corrected chi connectivity index (χ3v) is 3.85. The molecule has 0 aromatic heterocycles. The molecular weight excluding hydrogens is 226 g/mol. The SMILES string of the molecule is N#CC1CCCC1NC1C(=O)Nc2ccccc21. The van der Waals surface area contributed by atoms with Crippen LogP contribution in [0.5, 0.6) is 0 Å². The first-order chi connectivity index (χ1) is 8.79. The van der Waals surface area contributed by atoms with Gasteiger partial charge in [0.25, 0.3) is 0 Å². The fourth-order valence-corrected chi connectivity index (χ4v) is 2.90. The van der Waals surface area contributed by atoms with Gasteiger partial charge in [-0.05, 0) is 18.9 Å². The van der Waals surface area contributed by atoms with Gasteiger partial charge in [-0.1, -0.05) is 24.6 Å². The smallest absolute Gasteiger partial charge is 0.246 e. The average Bonchev–Trinajstić information content (AvgIpc) is 2.95. The van der Waals surface area contributed by atoms with Crippen molar-refractivity contribution in [2.24, 2.45) is 5.92 Å². The monoisotopic (exact) mass is 241 g/mol. The van der Waals surface area contributed by atoms with Crippen molar-refractivity contribution in [3.8, 4) is 6.07 Å². The number of nitriles is 1. The van der Waals surface area contributed by atoms with Crippen LogP contribution >= 0.6 is 0 Å². The standard InChI is InChI=1S/C14H15N3O/c15-8-9-4-3-7-11(9)16-13-10-5-1-2-6-12(10)17-14(13)18/h1-2,5-6,9,11,13,16H,3-4,7H2,(H,17,18). The van der Waals surface area contributed by atoms with Crippen LogP contribution in [-0.4, -0.2) is 11.9 Å². The highest BCUT2D eigenvalue weighted by molar-refractivity contribution is 6.02. The van der Waals surface area contributed by atoms with Crippen molar-refractivity contribution in [3.63, 3.8) is 0 Å².